The van der Waals surface area contributed by atoms with E-state index >= 15 is 0 Å². The first kappa shape index (κ1) is 15.1. The Balaban J connectivity index is 1.84. The maximum atomic E-state index is 12.9. The van der Waals surface area contributed by atoms with Crippen molar-refractivity contribution in [2.45, 2.75) is 64.0 Å². The Hall–Kier alpha value is -1.85. The summed E-state index contributed by atoms with van der Waals surface area (Å²) in [5, 5.41) is 9.18. The molecular weight excluding hydrogens is 282 g/mol. The summed E-state index contributed by atoms with van der Waals surface area (Å²) in [4.78, 5) is 30.0. The van der Waals surface area contributed by atoms with Gasteiger partial charge in [-0.15, -0.1) is 0 Å². The van der Waals surface area contributed by atoms with E-state index in [2.05, 4.69) is 4.98 Å². The standard InChI is InChI=1S/C16H23N3O3/c20-15(21)11-19(12-6-2-1-3-7-12)16(22)13-10-17-14-8-4-5-9-18(13)14/h10,12H,1-9,11H2,(H,20,21). The third-order valence-corrected chi connectivity index (χ3v) is 4.77. The molecule has 0 bridgehead atoms. The first-order valence-electron chi connectivity index (χ1n) is 8.24. The van der Waals surface area contributed by atoms with Crippen molar-refractivity contribution in [3.8, 4) is 0 Å². The Bertz CT molecular complexity index is 561. The molecular formula is C16H23N3O3. The summed E-state index contributed by atoms with van der Waals surface area (Å²) in [5.74, 6) is -0.166. The maximum Gasteiger partial charge on any atom is 0.323 e. The van der Waals surface area contributed by atoms with Crippen LogP contribution in [0.4, 0.5) is 0 Å². The summed E-state index contributed by atoms with van der Waals surface area (Å²) in [5.41, 5.74) is 0.557. The first-order valence-corrected chi connectivity index (χ1v) is 8.24. The molecule has 1 aromatic rings. The third kappa shape index (κ3) is 3.00. The van der Waals surface area contributed by atoms with Gasteiger partial charge in [0.15, 0.2) is 0 Å². The fourth-order valence-electron chi connectivity index (χ4n) is 3.64. The molecule has 1 N–H and O–H groups in total. The predicted octanol–water partition coefficient (Wildman–Crippen LogP) is 2.08. The van der Waals surface area contributed by atoms with Crippen LogP contribution in [0.25, 0.3) is 0 Å². The van der Waals surface area contributed by atoms with E-state index in [4.69, 9.17) is 0 Å². The summed E-state index contributed by atoms with van der Waals surface area (Å²) >= 11 is 0. The van der Waals surface area contributed by atoms with Crippen LogP contribution >= 0.6 is 0 Å². The normalized spacial score (nSPS) is 18.7. The van der Waals surface area contributed by atoms with Crippen LogP contribution in [0.15, 0.2) is 6.20 Å². The number of imidazole rings is 1. The van der Waals surface area contributed by atoms with Gasteiger partial charge < -0.3 is 14.6 Å². The fourth-order valence-corrected chi connectivity index (χ4v) is 3.64. The van der Waals surface area contributed by atoms with E-state index in [-0.39, 0.29) is 18.5 Å². The monoisotopic (exact) mass is 305 g/mol. The number of carbonyl (C=O) groups is 2. The van der Waals surface area contributed by atoms with Gasteiger partial charge in [0.1, 0.15) is 18.1 Å². The van der Waals surface area contributed by atoms with E-state index in [1.54, 1.807) is 11.1 Å². The van der Waals surface area contributed by atoms with Gasteiger partial charge in [-0.1, -0.05) is 19.3 Å². The molecule has 22 heavy (non-hydrogen) atoms. The smallest absolute Gasteiger partial charge is 0.323 e. The highest BCUT2D eigenvalue weighted by atomic mass is 16.4. The molecule has 1 amide bonds. The molecule has 1 aromatic heterocycles. The molecule has 1 aliphatic carbocycles. The zero-order valence-corrected chi connectivity index (χ0v) is 12.8. The van der Waals surface area contributed by atoms with Crippen molar-refractivity contribution in [3.63, 3.8) is 0 Å². The maximum absolute atomic E-state index is 12.9. The van der Waals surface area contributed by atoms with Gasteiger partial charge in [0.2, 0.25) is 0 Å². The van der Waals surface area contributed by atoms with Gasteiger partial charge >= 0.3 is 5.97 Å². The number of amides is 1. The second-order valence-corrected chi connectivity index (χ2v) is 6.29. The third-order valence-electron chi connectivity index (χ3n) is 4.77. The zero-order chi connectivity index (χ0) is 15.5. The first-order chi connectivity index (χ1) is 10.7. The van der Waals surface area contributed by atoms with Gasteiger partial charge in [-0.05, 0) is 25.7 Å². The van der Waals surface area contributed by atoms with Crippen LogP contribution in [0.3, 0.4) is 0 Å². The molecule has 6 heteroatoms. The lowest BCUT2D eigenvalue weighted by molar-refractivity contribution is -0.138. The number of aryl methyl sites for hydroxylation is 1. The molecule has 2 aliphatic rings. The van der Waals surface area contributed by atoms with E-state index < -0.39 is 5.97 Å². The second kappa shape index (κ2) is 6.50. The SMILES string of the molecule is O=C(O)CN(C(=O)c1cnc2n1CCCC2)C1CCCCC1. The van der Waals surface area contributed by atoms with Crippen molar-refractivity contribution in [1.29, 1.82) is 0 Å². The fraction of sp³-hybridized carbons (Fsp3) is 0.688. The van der Waals surface area contributed by atoms with Crippen molar-refractivity contribution in [3.05, 3.63) is 17.7 Å². The molecule has 0 spiro atoms. The zero-order valence-electron chi connectivity index (χ0n) is 12.8. The van der Waals surface area contributed by atoms with Gasteiger partial charge in [-0.25, -0.2) is 4.98 Å². The van der Waals surface area contributed by atoms with Crippen molar-refractivity contribution in [1.82, 2.24) is 14.5 Å². The average molecular weight is 305 g/mol. The number of aromatic nitrogens is 2. The number of hydrogen-bond donors (Lipinski definition) is 1. The number of carboxylic acid groups (broad SMARTS) is 1. The van der Waals surface area contributed by atoms with Gasteiger partial charge in [-0.2, -0.15) is 0 Å². The van der Waals surface area contributed by atoms with Crippen molar-refractivity contribution < 1.29 is 14.7 Å². The number of carbonyl (C=O) groups excluding carboxylic acids is 1. The van der Waals surface area contributed by atoms with Gasteiger partial charge in [0, 0.05) is 19.0 Å². The van der Waals surface area contributed by atoms with E-state index in [0.717, 1.165) is 57.3 Å². The second-order valence-electron chi connectivity index (χ2n) is 6.29. The number of nitrogens with zero attached hydrogens (tertiary/aromatic N) is 3. The number of aliphatic carboxylic acids is 1. The quantitative estimate of drug-likeness (QED) is 0.924. The van der Waals surface area contributed by atoms with Crippen LogP contribution < -0.4 is 0 Å². The lowest BCUT2D eigenvalue weighted by Gasteiger charge is -2.33. The highest BCUT2D eigenvalue weighted by Gasteiger charge is 2.30. The van der Waals surface area contributed by atoms with Crippen molar-refractivity contribution in [2.75, 3.05) is 6.54 Å². The van der Waals surface area contributed by atoms with Crippen LogP contribution in [-0.4, -0.2) is 44.0 Å². The van der Waals surface area contributed by atoms with E-state index in [9.17, 15) is 14.7 Å². The highest BCUT2D eigenvalue weighted by Crippen LogP contribution is 2.25. The summed E-state index contributed by atoms with van der Waals surface area (Å²) in [7, 11) is 0. The largest absolute Gasteiger partial charge is 0.480 e. The summed E-state index contributed by atoms with van der Waals surface area (Å²) in [6.45, 7) is 0.589. The molecule has 0 saturated heterocycles. The van der Waals surface area contributed by atoms with Gasteiger partial charge in [0.25, 0.3) is 5.91 Å². The molecule has 3 rings (SSSR count). The van der Waals surface area contributed by atoms with E-state index in [0.29, 0.717) is 5.69 Å². The Morgan fingerprint density at radius 1 is 1.23 bits per heavy atom. The minimum absolute atomic E-state index is 0.0482. The molecule has 1 saturated carbocycles. The summed E-state index contributed by atoms with van der Waals surface area (Å²) in [6.07, 6.45) is 9.79. The lowest BCUT2D eigenvalue weighted by atomic mass is 9.94. The minimum atomic E-state index is -0.947. The van der Waals surface area contributed by atoms with Crippen LogP contribution in [-0.2, 0) is 17.8 Å². The molecule has 1 fully saturated rings. The Kier molecular flexibility index (Phi) is 4.45. The molecule has 1 aliphatic heterocycles. The van der Waals surface area contributed by atoms with Crippen molar-refractivity contribution in [2.24, 2.45) is 0 Å². The number of hydrogen-bond acceptors (Lipinski definition) is 3. The van der Waals surface area contributed by atoms with E-state index in [1.807, 2.05) is 4.57 Å². The molecule has 2 heterocycles. The highest BCUT2D eigenvalue weighted by molar-refractivity contribution is 5.94. The molecule has 0 radical (unpaired) electrons. The van der Waals surface area contributed by atoms with Gasteiger partial charge in [-0.3, -0.25) is 9.59 Å². The number of carboxylic acids is 1. The Labute approximate surface area is 130 Å². The number of rotatable bonds is 4. The number of fused-ring (bicyclic) bond motifs is 1. The summed E-state index contributed by atoms with van der Waals surface area (Å²) < 4.78 is 1.98. The lowest BCUT2D eigenvalue weighted by Crippen LogP contribution is -2.45. The topological polar surface area (TPSA) is 75.4 Å². The van der Waals surface area contributed by atoms with Gasteiger partial charge in [0.05, 0.1) is 6.20 Å². The average Bonchev–Trinajstić information content (AvgIpc) is 2.97. The minimum Gasteiger partial charge on any atom is -0.480 e. The Morgan fingerprint density at radius 2 is 2.00 bits per heavy atom. The molecule has 120 valence electrons. The summed E-state index contributed by atoms with van der Waals surface area (Å²) in [6, 6.07) is 0.0482. The Morgan fingerprint density at radius 3 is 2.73 bits per heavy atom. The predicted molar refractivity (Wildman–Crippen MR) is 80.7 cm³/mol. The molecule has 6 nitrogen and oxygen atoms in total. The van der Waals surface area contributed by atoms with Crippen LogP contribution in [0, 0.1) is 0 Å². The van der Waals surface area contributed by atoms with Crippen LogP contribution in [0.1, 0.15) is 61.3 Å². The van der Waals surface area contributed by atoms with Crippen LogP contribution in [0.2, 0.25) is 0 Å². The van der Waals surface area contributed by atoms with E-state index in [1.165, 1.54) is 6.42 Å². The molecule has 0 unspecified atom stereocenters. The molecule has 0 aromatic carbocycles. The van der Waals surface area contributed by atoms with Crippen LogP contribution in [0.5, 0.6) is 0 Å². The molecule has 0 atom stereocenters. The van der Waals surface area contributed by atoms with Crippen molar-refractivity contribution >= 4 is 11.9 Å².